The maximum Gasteiger partial charge on any atom is 0.337 e. The monoisotopic (exact) mass is 445 g/mol. The molecule has 6 atom stereocenters. The molecule has 1 amide bonds. The van der Waals surface area contributed by atoms with Crippen molar-refractivity contribution in [2.75, 3.05) is 7.11 Å². The average molecular weight is 446 g/mol. The zero-order chi connectivity index (χ0) is 21.6. The van der Waals surface area contributed by atoms with Gasteiger partial charge in [0.15, 0.2) is 0 Å². The normalized spacial score (nSPS) is 30.5. The molecule has 1 aliphatic carbocycles. The molecule has 0 radical (unpaired) electrons. The van der Waals surface area contributed by atoms with E-state index in [0.717, 1.165) is 17.5 Å². The standard InChI is InChI=1S/C24H25Cl2NO3/c1-12-10-18(17-9-6-15(11-19(17)26)24(29)30-3)22(14-4-7-16(25)8-5-14)21-13(2)27-23(28)20(12)21/h4-9,11-13,18,20-22H,10H2,1-3H3,(H,27,28)/t12-,13-,18+,20-,21-,22+/m1/s1. The first-order valence-electron chi connectivity index (χ1n) is 10.3. The Hall–Kier alpha value is -2.04. The summed E-state index contributed by atoms with van der Waals surface area (Å²) in [6.07, 6.45) is 0.839. The molecule has 2 aromatic carbocycles. The predicted octanol–water partition coefficient (Wildman–Crippen LogP) is 5.44. The van der Waals surface area contributed by atoms with Gasteiger partial charge in [0.25, 0.3) is 0 Å². The fourth-order valence-corrected chi connectivity index (χ4v) is 6.02. The fraction of sp³-hybridized carbons (Fsp3) is 0.417. The van der Waals surface area contributed by atoms with E-state index in [9.17, 15) is 9.59 Å². The molecule has 0 unspecified atom stereocenters. The third kappa shape index (κ3) is 3.61. The minimum Gasteiger partial charge on any atom is -0.465 e. The average Bonchev–Trinajstić information content (AvgIpc) is 3.02. The number of rotatable bonds is 3. The summed E-state index contributed by atoms with van der Waals surface area (Å²) in [6.45, 7) is 4.24. The number of fused-ring (bicyclic) bond motifs is 1. The Morgan fingerprint density at radius 1 is 1.07 bits per heavy atom. The molecule has 0 bridgehead atoms. The van der Waals surface area contributed by atoms with Crippen LogP contribution in [-0.2, 0) is 9.53 Å². The topological polar surface area (TPSA) is 55.4 Å². The first-order valence-corrected chi connectivity index (χ1v) is 11.0. The summed E-state index contributed by atoms with van der Waals surface area (Å²) in [5.41, 5.74) is 2.59. The van der Waals surface area contributed by atoms with Crippen LogP contribution in [-0.4, -0.2) is 25.0 Å². The van der Waals surface area contributed by atoms with Crippen molar-refractivity contribution in [3.05, 3.63) is 69.2 Å². The Kier molecular flexibility index (Phi) is 5.82. The number of hydrogen-bond acceptors (Lipinski definition) is 3. The smallest absolute Gasteiger partial charge is 0.337 e. The van der Waals surface area contributed by atoms with Crippen molar-refractivity contribution in [1.82, 2.24) is 5.32 Å². The van der Waals surface area contributed by atoms with Gasteiger partial charge in [0, 0.05) is 22.0 Å². The largest absolute Gasteiger partial charge is 0.465 e. The third-order valence-electron chi connectivity index (χ3n) is 6.83. The molecule has 0 spiro atoms. The lowest BCUT2D eigenvalue weighted by Crippen LogP contribution is -2.39. The number of carbonyl (C=O) groups is 2. The minimum atomic E-state index is -0.408. The van der Waals surface area contributed by atoms with E-state index in [1.165, 1.54) is 7.11 Å². The number of esters is 1. The van der Waals surface area contributed by atoms with Crippen molar-refractivity contribution in [1.29, 1.82) is 0 Å². The van der Waals surface area contributed by atoms with E-state index in [1.54, 1.807) is 12.1 Å². The summed E-state index contributed by atoms with van der Waals surface area (Å²) in [5, 5.41) is 4.40. The van der Waals surface area contributed by atoms with Crippen molar-refractivity contribution in [2.45, 2.75) is 38.1 Å². The van der Waals surface area contributed by atoms with Crippen molar-refractivity contribution in [2.24, 2.45) is 17.8 Å². The van der Waals surface area contributed by atoms with E-state index in [2.05, 4.69) is 31.3 Å². The molecular weight excluding hydrogens is 421 g/mol. The van der Waals surface area contributed by atoms with Gasteiger partial charge in [-0.2, -0.15) is 0 Å². The van der Waals surface area contributed by atoms with E-state index in [4.69, 9.17) is 27.9 Å². The van der Waals surface area contributed by atoms with Crippen LogP contribution >= 0.6 is 23.2 Å². The van der Waals surface area contributed by atoms with Crippen molar-refractivity contribution >= 4 is 35.1 Å². The number of halogens is 2. The third-order valence-corrected chi connectivity index (χ3v) is 7.41. The highest BCUT2D eigenvalue weighted by Crippen LogP contribution is 2.55. The molecule has 30 heavy (non-hydrogen) atoms. The second-order valence-electron chi connectivity index (χ2n) is 8.53. The van der Waals surface area contributed by atoms with Crippen LogP contribution in [0.1, 0.15) is 53.6 Å². The van der Waals surface area contributed by atoms with Crippen molar-refractivity contribution < 1.29 is 14.3 Å². The van der Waals surface area contributed by atoms with Gasteiger partial charge < -0.3 is 10.1 Å². The zero-order valence-electron chi connectivity index (χ0n) is 17.2. The second kappa shape index (κ2) is 8.24. The lowest BCUT2D eigenvalue weighted by Gasteiger charge is -2.44. The molecule has 1 heterocycles. The number of hydrogen-bond donors (Lipinski definition) is 1. The number of ether oxygens (including phenoxy) is 1. The summed E-state index contributed by atoms with van der Waals surface area (Å²) in [7, 11) is 1.36. The van der Waals surface area contributed by atoms with Crippen LogP contribution in [0.25, 0.3) is 0 Å². The molecule has 6 heteroatoms. The molecule has 1 saturated heterocycles. The van der Waals surface area contributed by atoms with Gasteiger partial charge in [0.2, 0.25) is 5.91 Å². The molecule has 1 aliphatic heterocycles. The second-order valence-corrected chi connectivity index (χ2v) is 9.37. The van der Waals surface area contributed by atoms with Crippen LogP contribution in [0.2, 0.25) is 10.0 Å². The van der Waals surface area contributed by atoms with Crippen LogP contribution in [0.4, 0.5) is 0 Å². The first-order chi connectivity index (χ1) is 14.3. The maximum atomic E-state index is 12.7. The Morgan fingerprint density at radius 2 is 1.77 bits per heavy atom. The summed E-state index contributed by atoms with van der Waals surface area (Å²) >= 11 is 12.8. The van der Waals surface area contributed by atoms with E-state index >= 15 is 0 Å². The quantitative estimate of drug-likeness (QED) is 0.639. The number of benzene rings is 2. The number of nitrogens with one attached hydrogen (secondary N) is 1. The molecule has 4 nitrogen and oxygen atoms in total. The van der Waals surface area contributed by atoms with E-state index in [1.807, 2.05) is 18.2 Å². The highest BCUT2D eigenvalue weighted by Gasteiger charge is 2.53. The first kappa shape index (κ1) is 21.2. The molecular formula is C24H25Cl2NO3. The van der Waals surface area contributed by atoms with Gasteiger partial charge in [-0.3, -0.25) is 4.79 Å². The molecule has 2 fully saturated rings. The zero-order valence-corrected chi connectivity index (χ0v) is 18.7. The van der Waals surface area contributed by atoms with E-state index in [-0.39, 0.29) is 41.5 Å². The SMILES string of the molecule is COC(=O)c1ccc([C@@H]2C[C@@H](C)[C@H]3C(=O)N[C@H](C)[C@H]3[C@H]2c2ccc(Cl)cc2)c(Cl)c1. The highest BCUT2D eigenvalue weighted by molar-refractivity contribution is 6.31. The number of amides is 1. The molecule has 158 valence electrons. The van der Waals surface area contributed by atoms with Crippen LogP contribution < -0.4 is 5.32 Å². The van der Waals surface area contributed by atoms with Crippen LogP contribution in [0, 0.1) is 17.8 Å². The summed E-state index contributed by atoms with van der Waals surface area (Å²) in [4.78, 5) is 24.6. The number of methoxy groups -OCH3 is 1. The highest BCUT2D eigenvalue weighted by atomic mass is 35.5. The predicted molar refractivity (Wildman–Crippen MR) is 118 cm³/mol. The van der Waals surface area contributed by atoms with Gasteiger partial charge in [-0.15, -0.1) is 0 Å². The molecule has 1 saturated carbocycles. The van der Waals surface area contributed by atoms with Gasteiger partial charge in [0.05, 0.1) is 12.7 Å². The maximum absolute atomic E-state index is 12.7. The van der Waals surface area contributed by atoms with Gasteiger partial charge in [-0.1, -0.05) is 48.3 Å². The van der Waals surface area contributed by atoms with Crippen molar-refractivity contribution in [3.8, 4) is 0 Å². The summed E-state index contributed by atoms with van der Waals surface area (Å²) < 4.78 is 4.82. The lowest BCUT2D eigenvalue weighted by atomic mass is 9.58. The minimum absolute atomic E-state index is 0.0231. The molecule has 2 aromatic rings. The van der Waals surface area contributed by atoms with Gasteiger partial charge in [-0.25, -0.2) is 4.79 Å². The van der Waals surface area contributed by atoms with Crippen LogP contribution in [0.5, 0.6) is 0 Å². The Bertz CT molecular complexity index is 975. The van der Waals surface area contributed by atoms with Gasteiger partial charge >= 0.3 is 5.97 Å². The lowest BCUT2D eigenvalue weighted by molar-refractivity contribution is -0.125. The molecule has 0 aromatic heterocycles. The summed E-state index contributed by atoms with van der Waals surface area (Å²) in [5.74, 6) is 0.327. The summed E-state index contributed by atoms with van der Waals surface area (Å²) in [6, 6.07) is 13.4. The molecule has 2 aliphatic rings. The Labute approximate surface area is 186 Å². The number of carbonyl (C=O) groups excluding carboxylic acids is 2. The van der Waals surface area contributed by atoms with Crippen LogP contribution in [0.3, 0.4) is 0 Å². The van der Waals surface area contributed by atoms with Gasteiger partial charge in [-0.05, 0) is 72.4 Å². The Balaban J connectivity index is 1.81. The van der Waals surface area contributed by atoms with Gasteiger partial charge in [0.1, 0.15) is 0 Å². The molecule has 4 rings (SSSR count). The van der Waals surface area contributed by atoms with Crippen LogP contribution in [0.15, 0.2) is 42.5 Å². The van der Waals surface area contributed by atoms with E-state index < -0.39 is 5.97 Å². The van der Waals surface area contributed by atoms with E-state index in [0.29, 0.717) is 15.6 Å². The molecule has 1 N–H and O–H groups in total. The Morgan fingerprint density at radius 3 is 2.40 bits per heavy atom. The van der Waals surface area contributed by atoms with Crippen molar-refractivity contribution in [3.63, 3.8) is 0 Å². The fourth-order valence-electron chi connectivity index (χ4n) is 5.57.